The van der Waals surface area contributed by atoms with Crippen LogP contribution in [0.15, 0.2) is 39.5 Å². The summed E-state index contributed by atoms with van der Waals surface area (Å²) in [4.78, 5) is 9.58. The Hall–Kier alpha value is -0.430. The lowest BCUT2D eigenvalue weighted by molar-refractivity contribution is 0.740. The van der Waals surface area contributed by atoms with Crippen molar-refractivity contribution in [1.82, 2.24) is 15.3 Å². The van der Waals surface area contributed by atoms with Gasteiger partial charge in [-0.15, -0.1) is 23.1 Å². The van der Waals surface area contributed by atoms with Crippen LogP contribution < -0.4 is 5.32 Å². The van der Waals surface area contributed by atoms with E-state index in [2.05, 4.69) is 42.7 Å². The van der Waals surface area contributed by atoms with Crippen molar-refractivity contribution in [3.05, 3.63) is 39.4 Å². The van der Waals surface area contributed by atoms with Crippen LogP contribution in [0.4, 0.5) is 0 Å². The van der Waals surface area contributed by atoms with Gasteiger partial charge in [-0.2, -0.15) is 0 Å². The molecular formula is C11H12BrN3S2. The standard InChI is InChI=1S/C11H12BrN3S2/c12-9-5-10(17-8-9)6-14-3-4-16-11-7-13-1-2-15-11/h1-2,5,7-8,14H,3-4,6H2. The van der Waals surface area contributed by atoms with Crippen LogP contribution in [0.1, 0.15) is 4.88 Å². The van der Waals surface area contributed by atoms with E-state index < -0.39 is 0 Å². The second kappa shape index (κ2) is 7.10. The van der Waals surface area contributed by atoms with Crippen LogP contribution in [0, 0.1) is 0 Å². The normalized spacial score (nSPS) is 10.6. The summed E-state index contributed by atoms with van der Waals surface area (Å²) in [6, 6.07) is 2.15. The van der Waals surface area contributed by atoms with E-state index in [0.29, 0.717) is 0 Å². The molecule has 0 aromatic carbocycles. The number of halogens is 1. The molecule has 0 saturated heterocycles. The maximum Gasteiger partial charge on any atom is 0.114 e. The molecule has 2 rings (SSSR count). The Balaban J connectivity index is 1.61. The first-order chi connectivity index (χ1) is 8.34. The summed E-state index contributed by atoms with van der Waals surface area (Å²) in [6.45, 7) is 1.90. The van der Waals surface area contributed by atoms with Crippen molar-refractivity contribution >= 4 is 39.0 Å². The van der Waals surface area contributed by atoms with Crippen molar-refractivity contribution in [2.45, 2.75) is 11.6 Å². The quantitative estimate of drug-likeness (QED) is 0.652. The molecule has 2 aromatic rings. The van der Waals surface area contributed by atoms with Crippen molar-refractivity contribution in [3.63, 3.8) is 0 Å². The number of hydrogen-bond acceptors (Lipinski definition) is 5. The van der Waals surface area contributed by atoms with Crippen LogP contribution in [-0.4, -0.2) is 22.3 Å². The van der Waals surface area contributed by atoms with Gasteiger partial charge in [0.25, 0.3) is 0 Å². The molecule has 2 aromatic heterocycles. The Labute approximate surface area is 117 Å². The fourth-order valence-electron chi connectivity index (χ4n) is 1.25. The van der Waals surface area contributed by atoms with E-state index >= 15 is 0 Å². The largest absolute Gasteiger partial charge is 0.311 e. The SMILES string of the molecule is Brc1csc(CNCCSc2cnccn2)c1. The first-order valence-electron chi connectivity index (χ1n) is 5.17. The summed E-state index contributed by atoms with van der Waals surface area (Å²) in [6.07, 6.45) is 5.21. The Kier molecular flexibility index (Phi) is 5.44. The monoisotopic (exact) mass is 329 g/mol. The van der Waals surface area contributed by atoms with Gasteiger partial charge in [0, 0.05) is 46.0 Å². The lowest BCUT2D eigenvalue weighted by Gasteiger charge is -2.02. The van der Waals surface area contributed by atoms with E-state index in [4.69, 9.17) is 0 Å². The van der Waals surface area contributed by atoms with Gasteiger partial charge in [-0.25, -0.2) is 4.98 Å². The Bertz CT molecular complexity index is 447. The summed E-state index contributed by atoms with van der Waals surface area (Å²) in [5.74, 6) is 1.01. The maximum atomic E-state index is 4.21. The zero-order valence-corrected chi connectivity index (χ0v) is 12.3. The number of nitrogens with zero attached hydrogens (tertiary/aromatic N) is 2. The third-order valence-electron chi connectivity index (χ3n) is 1.99. The van der Waals surface area contributed by atoms with Crippen molar-refractivity contribution in [1.29, 1.82) is 0 Å². The molecule has 0 radical (unpaired) electrons. The molecule has 0 saturated carbocycles. The van der Waals surface area contributed by atoms with Crippen molar-refractivity contribution in [2.75, 3.05) is 12.3 Å². The number of thiophene rings is 1. The highest BCUT2D eigenvalue weighted by atomic mass is 79.9. The summed E-state index contributed by atoms with van der Waals surface area (Å²) in [7, 11) is 0. The van der Waals surface area contributed by atoms with E-state index in [1.54, 1.807) is 41.7 Å². The van der Waals surface area contributed by atoms with E-state index in [9.17, 15) is 0 Å². The van der Waals surface area contributed by atoms with Crippen LogP contribution in [-0.2, 0) is 6.54 Å². The van der Waals surface area contributed by atoms with Gasteiger partial charge in [-0.1, -0.05) is 0 Å². The number of aromatic nitrogens is 2. The minimum absolute atomic E-state index is 0.928. The third kappa shape index (κ3) is 4.75. The summed E-state index contributed by atoms with van der Waals surface area (Å²) < 4.78 is 1.16. The number of rotatable bonds is 6. The first-order valence-corrected chi connectivity index (χ1v) is 7.83. The molecule has 0 bridgehead atoms. The fraction of sp³-hybridized carbons (Fsp3) is 0.273. The highest BCUT2D eigenvalue weighted by Gasteiger charge is 1.97. The summed E-state index contributed by atoms with van der Waals surface area (Å²) >= 11 is 6.93. The minimum atomic E-state index is 0.928. The molecule has 90 valence electrons. The predicted octanol–water partition coefficient (Wildman–Crippen LogP) is 3.18. The topological polar surface area (TPSA) is 37.8 Å². The molecule has 6 heteroatoms. The molecule has 0 aliphatic carbocycles. The number of nitrogens with one attached hydrogen (secondary N) is 1. The van der Waals surface area contributed by atoms with Crippen LogP contribution in [0.25, 0.3) is 0 Å². The number of hydrogen-bond donors (Lipinski definition) is 1. The van der Waals surface area contributed by atoms with Crippen LogP contribution in [0.3, 0.4) is 0 Å². The molecule has 0 fully saturated rings. The molecule has 17 heavy (non-hydrogen) atoms. The smallest absolute Gasteiger partial charge is 0.114 e. The van der Waals surface area contributed by atoms with E-state index in [0.717, 1.165) is 28.3 Å². The molecule has 0 atom stereocenters. The maximum absolute atomic E-state index is 4.21. The van der Waals surface area contributed by atoms with Gasteiger partial charge in [-0.3, -0.25) is 4.98 Å². The molecule has 0 spiro atoms. The highest BCUT2D eigenvalue weighted by Crippen LogP contribution is 2.19. The second-order valence-electron chi connectivity index (χ2n) is 3.30. The fourth-order valence-corrected chi connectivity index (χ4v) is 3.39. The van der Waals surface area contributed by atoms with E-state index in [-0.39, 0.29) is 0 Å². The van der Waals surface area contributed by atoms with Gasteiger partial charge in [-0.05, 0) is 22.0 Å². The molecule has 0 aliphatic heterocycles. The summed E-state index contributed by atoms with van der Waals surface area (Å²) in [5, 5.41) is 6.49. The molecule has 2 heterocycles. The molecule has 1 N–H and O–H groups in total. The average molecular weight is 330 g/mol. The van der Waals surface area contributed by atoms with Crippen molar-refractivity contribution < 1.29 is 0 Å². The van der Waals surface area contributed by atoms with Gasteiger partial charge in [0.2, 0.25) is 0 Å². The molecule has 3 nitrogen and oxygen atoms in total. The second-order valence-corrected chi connectivity index (χ2v) is 6.33. The lowest BCUT2D eigenvalue weighted by atomic mass is 10.4. The van der Waals surface area contributed by atoms with E-state index in [1.165, 1.54) is 4.88 Å². The van der Waals surface area contributed by atoms with Gasteiger partial charge >= 0.3 is 0 Å². The van der Waals surface area contributed by atoms with Crippen molar-refractivity contribution in [3.8, 4) is 0 Å². The van der Waals surface area contributed by atoms with Gasteiger partial charge in [0.1, 0.15) is 5.03 Å². The predicted molar refractivity (Wildman–Crippen MR) is 76.5 cm³/mol. The Morgan fingerprint density at radius 2 is 2.35 bits per heavy atom. The zero-order valence-electron chi connectivity index (χ0n) is 9.10. The molecule has 0 aliphatic rings. The van der Waals surface area contributed by atoms with Gasteiger partial charge in [0.05, 0.1) is 6.20 Å². The first kappa shape index (κ1) is 13.0. The third-order valence-corrected chi connectivity index (χ3v) is 4.60. The minimum Gasteiger partial charge on any atom is -0.311 e. The van der Waals surface area contributed by atoms with Gasteiger partial charge < -0.3 is 5.32 Å². The van der Waals surface area contributed by atoms with Gasteiger partial charge in [0.15, 0.2) is 0 Å². The van der Waals surface area contributed by atoms with Crippen LogP contribution >= 0.6 is 39.0 Å². The van der Waals surface area contributed by atoms with Crippen molar-refractivity contribution in [2.24, 2.45) is 0 Å². The molecular weight excluding hydrogens is 318 g/mol. The number of thioether (sulfide) groups is 1. The van der Waals surface area contributed by atoms with E-state index in [1.807, 2.05) is 0 Å². The lowest BCUT2D eigenvalue weighted by Crippen LogP contribution is -2.15. The average Bonchev–Trinajstić information content (AvgIpc) is 2.76. The Morgan fingerprint density at radius 3 is 3.06 bits per heavy atom. The zero-order chi connectivity index (χ0) is 11.9. The van der Waals surface area contributed by atoms with Crippen LogP contribution in [0.2, 0.25) is 0 Å². The molecule has 0 amide bonds. The molecule has 0 unspecified atom stereocenters. The summed E-state index contributed by atoms with van der Waals surface area (Å²) in [5.41, 5.74) is 0. The highest BCUT2D eigenvalue weighted by molar-refractivity contribution is 9.10. The van der Waals surface area contributed by atoms with Crippen LogP contribution in [0.5, 0.6) is 0 Å². The Morgan fingerprint density at radius 1 is 1.41 bits per heavy atom.